The normalized spacial score (nSPS) is 13.4. The van der Waals surface area contributed by atoms with Crippen molar-refractivity contribution < 1.29 is 14.7 Å². The molecule has 0 radical (unpaired) electrons. The number of para-hydroxylation sites is 1. The summed E-state index contributed by atoms with van der Waals surface area (Å²) < 4.78 is 0. The summed E-state index contributed by atoms with van der Waals surface area (Å²) in [7, 11) is 0. The van der Waals surface area contributed by atoms with Gasteiger partial charge in [-0.05, 0) is 30.3 Å². The largest absolute Gasteiger partial charge is 0.395 e. The average Bonchev–Trinajstić information content (AvgIpc) is 2.66. The van der Waals surface area contributed by atoms with Crippen LogP contribution in [0.3, 0.4) is 0 Å². The van der Waals surface area contributed by atoms with Gasteiger partial charge in [-0.1, -0.05) is 35.9 Å². The van der Waals surface area contributed by atoms with Crippen molar-refractivity contribution in [3.8, 4) is 0 Å². The molecule has 130 valence electrons. The van der Waals surface area contributed by atoms with Gasteiger partial charge in [-0.15, -0.1) is 0 Å². The summed E-state index contributed by atoms with van der Waals surface area (Å²) >= 11 is 6.22. The number of benzene rings is 3. The zero-order chi connectivity index (χ0) is 18.3. The molecule has 0 saturated heterocycles. The average molecular weight is 367 g/mol. The maximum atomic E-state index is 13.1. The lowest BCUT2D eigenvalue weighted by atomic mass is 9.92. The van der Waals surface area contributed by atoms with E-state index in [-0.39, 0.29) is 6.61 Å². The van der Waals surface area contributed by atoms with E-state index in [0.717, 1.165) is 16.0 Å². The number of imide groups is 1. The fourth-order valence-corrected chi connectivity index (χ4v) is 3.51. The fraction of sp³-hybridized carbons (Fsp3) is 0.100. The second-order valence-electron chi connectivity index (χ2n) is 5.94. The van der Waals surface area contributed by atoms with Crippen molar-refractivity contribution in [3.05, 3.63) is 70.7 Å². The fourth-order valence-electron chi connectivity index (χ4n) is 3.29. The number of carbonyl (C=O) groups is 2. The van der Waals surface area contributed by atoms with Gasteiger partial charge < -0.3 is 10.4 Å². The van der Waals surface area contributed by atoms with E-state index in [9.17, 15) is 9.59 Å². The number of aliphatic hydroxyl groups is 1. The van der Waals surface area contributed by atoms with Gasteiger partial charge in [0.25, 0.3) is 11.8 Å². The van der Waals surface area contributed by atoms with Gasteiger partial charge >= 0.3 is 0 Å². The van der Waals surface area contributed by atoms with Crippen molar-refractivity contribution >= 4 is 45.6 Å². The van der Waals surface area contributed by atoms with Gasteiger partial charge in [-0.25, -0.2) is 4.90 Å². The third-order valence-corrected chi connectivity index (χ3v) is 4.75. The first kappa shape index (κ1) is 16.6. The molecule has 4 rings (SSSR count). The van der Waals surface area contributed by atoms with Crippen LogP contribution in [0.2, 0.25) is 5.02 Å². The molecule has 1 heterocycles. The van der Waals surface area contributed by atoms with Crippen LogP contribution in [-0.2, 0) is 0 Å². The van der Waals surface area contributed by atoms with Crippen LogP contribution in [0.5, 0.6) is 0 Å². The van der Waals surface area contributed by atoms with E-state index in [4.69, 9.17) is 16.7 Å². The Morgan fingerprint density at radius 1 is 0.923 bits per heavy atom. The van der Waals surface area contributed by atoms with Crippen LogP contribution in [0.1, 0.15) is 20.7 Å². The summed E-state index contributed by atoms with van der Waals surface area (Å²) in [5.74, 6) is -0.805. The molecule has 3 aromatic carbocycles. The molecule has 2 amide bonds. The molecule has 1 aliphatic rings. The van der Waals surface area contributed by atoms with Gasteiger partial charge in [-0.3, -0.25) is 9.59 Å². The van der Waals surface area contributed by atoms with Gasteiger partial charge in [0.2, 0.25) is 0 Å². The number of aliphatic hydroxyl groups excluding tert-OH is 1. The van der Waals surface area contributed by atoms with Crippen molar-refractivity contribution in [1.82, 2.24) is 0 Å². The van der Waals surface area contributed by atoms with Gasteiger partial charge in [0.15, 0.2) is 0 Å². The molecule has 5 nitrogen and oxygen atoms in total. The van der Waals surface area contributed by atoms with Crippen molar-refractivity contribution in [2.45, 2.75) is 0 Å². The quantitative estimate of drug-likeness (QED) is 0.691. The van der Waals surface area contributed by atoms with Crippen LogP contribution in [0.25, 0.3) is 10.8 Å². The first-order valence-corrected chi connectivity index (χ1v) is 8.55. The van der Waals surface area contributed by atoms with Gasteiger partial charge in [-0.2, -0.15) is 0 Å². The molecule has 26 heavy (non-hydrogen) atoms. The predicted molar refractivity (Wildman–Crippen MR) is 102 cm³/mol. The van der Waals surface area contributed by atoms with Gasteiger partial charge in [0.1, 0.15) is 0 Å². The molecule has 0 atom stereocenters. The minimum Gasteiger partial charge on any atom is -0.395 e. The highest BCUT2D eigenvalue weighted by Crippen LogP contribution is 2.37. The second kappa shape index (κ2) is 6.44. The van der Waals surface area contributed by atoms with Gasteiger partial charge in [0.05, 0.1) is 17.3 Å². The van der Waals surface area contributed by atoms with Crippen molar-refractivity contribution in [3.63, 3.8) is 0 Å². The summed E-state index contributed by atoms with van der Waals surface area (Å²) in [5, 5.41) is 13.9. The number of nitrogens with one attached hydrogen (secondary N) is 1. The number of rotatable bonds is 4. The van der Waals surface area contributed by atoms with E-state index in [0.29, 0.717) is 33.8 Å². The minimum absolute atomic E-state index is 0.0128. The molecule has 0 bridgehead atoms. The lowest BCUT2D eigenvalue weighted by molar-refractivity contribution is 0.0893. The van der Waals surface area contributed by atoms with Crippen molar-refractivity contribution in [2.75, 3.05) is 23.4 Å². The van der Waals surface area contributed by atoms with E-state index in [1.165, 1.54) is 0 Å². The Kier molecular flexibility index (Phi) is 4.11. The van der Waals surface area contributed by atoms with E-state index in [1.807, 2.05) is 6.07 Å². The molecule has 0 fully saturated rings. The maximum Gasteiger partial charge on any atom is 0.266 e. The number of hydrogen-bond acceptors (Lipinski definition) is 4. The van der Waals surface area contributed by atoms with Crippen LogP contribution >= 0.6 is 11.6 Å². The molecule has 0 unspecified atom stereocenters. The Bertz CT molecular complexity index is 1030. The van der Waals surface area contributed by atoms with Crippen LogP contribution in [0, 0.1) is 0 Å². The highest BCUT2D eigenvalue weighted by Gasteiger charge is 2.35. The third kappa shape index (κ3) is 2.44. The van der Waals surface area contributed by atoms with Crippen LogP contribution in [0.15, 0.2) is 54.6 Å². The van der Waals surface area contributed by atoms with E-state index in [2.05, 4.69) is 5.32 Å². The zero-order valence-corrected chi connectivity index (χ0v) is 14.5. The van der Waals surface area contributed by atoms with Crippen molar-refractivity contribution in [2.24, 2.45) is 0 Å². The molecule has 0 spiro atoms. The second-order valence-corrected chi connectivity index (χ2v) is 6.34. The monoisotopic (exact) mass is 366 g/mol. The Labute approximate surface area is 154 Å². The molecule has 0 aromatic heterocycles. The third-order valence-electron chi connectivity index (χ3n) is 4.43. The van der Waals surface area contributed by atoms with Crippen LogP contribution < -0.4 is 10.2 Å². The summed E-state index contributed by atoms with van der Waals surface area (Å²) in [6.07, 6.45) is 0. The Morgan fingerprint density at radius 2 is 1.65 bits per heavy atom. The highest BCUT2D eigenvalue weighted by atomic mass is 35.5. The highest BCUT2D eigenvalue weighted by molar-refractivity contribution is 6.40. The van der Waals surface area contributed by atoms with E-state index in [1.54, 1.807) is 48.5 Å². The van der Waals surface area contributed by atoms with Crippen LogP contribution in [0.4, 0.5) is 11.4 Å². The number of carbonyl (C=O) groups excluding carboxylic acids is 2. The standard InChI is InChI=1S/C20H15ClN2O3/c21-15-6-1-2-7-17(15)23-19(25)13-5-3-4-12-16(22-10-11-24)9-8-14(18(12)13)20(23)26/h1-9,22,24H,10-11H2. The first-order valence-electron chi connectivity index (χ1n) is 8.17. The molecule has 3 aromatic rings. The lowest BCUT2D eigenvalue weighted by Gasteiger charge is -2.28. The number of hydrogen-bond donors (Lipinski definition) is 2. The Balaban J connectivity index is 1.93. The molecule has 0 saturated carbocycles. The molecule has 6 heteroatoms. The molecule has 1 aliphatic heterocycles. The van der Waals surface area contributed by atoms with Crippen molar-refractivity contribution in [1.29, 1.82) is 0 Å². The minimum atomic E-state index is -0.402. The molecular weight excluding hydrogens is 352 g/mol. The topological polar surface area (TPSA) is 69.6 Å². The maximum absolute atomic E-state index is 13.1. The SMILES string of the molecule is O=C1c2cccc3c(NCCO)ccc(c23)C(=O)N1c1ccccc1Cl. The number of halogens is 1. The smallest absolute Gasteiger partial charge is 0.266 e. The summed E-state index contributed by atoms with van der Waals surface area (Å²) in [6.45, 7) is 0.368. The summed E-state index contributed by atoms with van der Waals surface area (Å²) in [4.78, 5) is 27.3. The zero-order valence-electron chi connectivity index (χ0n) is 13.7. The van der Waals surface area contributed by atoms with E-state index >= 15 is 0 Å². The predicted octanol–water partition coefficient (Wildman–Crippen LogP) is 3.70. The lowest BCUT2D eigenvalue weighted by Crippen LogP contribution is -2.40. The summed E-state index contributed by atoms with van der Waals surface area (Å²) in [6, 6.07) is 15.6. The van der Waals surface area contributed by atoms with Gasteiger partial charge in [0, 0.05) is 34.1 Å². The molecule has 2 N–H and O–H groups in total. The molecular formula is C20H15ClN2O3. The Hall–Kier alpha value is -2.89. The Morgan fingerprint density at radius 3 is 2.38 bits per heavy atom. The number of anilines is 2. The first-order chi connectivity index (χ1) is 12.6. The number of amides is 2. The summed E-state index contributed by atoms with van der Waals surface area (Å²) in [5.41, 5.74) is 2.04. The van der Waals surface area contributed by atoms with E-state index < -0.39 is 11.8 Å². The molecule has 0 aliphatic carbocycles. The number of nitrogens with zero attached hydrogens (tertiary/aromatic N) is 1. The van der Waals surface area contributed by atoms with Crippen LogP contribution in [-0.4, -0.2) is 30.1 Å².